The van der Waals surface area contributed by atoms with Crippen LogP contribution in [0.2, 0.25) is 0 Å². The van der Waals surface area contributed by atoms with Crippen LogP contribution in [0.3, 0.4) is 0 Å². The maximum Gasteiger partial charge on any atom is 0.0880 e. The number of fused-ring (bicyclic) bond motifs is 1. The van der Waals surface area contributed by atoms with E-state index < -0.39 is 17.3 Å². The Balaban J connectivity index is 2.32. The van der Waals surface area contributed by atoms with Crippen molar-refractivity contribution in [1.29, 1.82) is 0 Å². The first-order valence-corrected chi connectivity index (χ1v) is 7.29. The second-order valence-electron chi connectivity index (χ2n) is 7.33. The van der Waals surface area contributed by atoms with Gasteiger partial charge in [-0.25, -0.2) is 0 Å². The highest BCUT2D eigenvalue weighted by atomic mass is 16.3. The summed E-state index contributed by atoms with van der Waals surface area (Å²) in [6, 6.07) is 0. The maximum absolute atomic E-state index is 10.6. The number of aliphatic hydroxyl groups excluding tert-OH is 1. The highest BCUT2D eigenvalue weighted by molar-refractivity contribution is 5.05. The van der Waals surface area contributed by atoms with E-state index in [-0.39, 0.29) is 11.8 Å². The molecule has 3 heteroatoms. The minimum absolute atomic E-state index is 0.0255. The summed E-state index contributed by atoms with van der Waals surface area (Å²) in [7, 11) is 0. The first-order chi connectivity index (χ1) is 8.17. The van der Waals surface area contributed by atoms with Gasteiger partial charge in [-0.1, -0.05) is 13.8 Å². The van der Waals surface area contributed by atoms with Crippen molar-refractivity contribution in [1.82, 2.24) is 0 Å². The molecular weight excluding hydrogens is 228 g/mol. The van der Waals surface area contributed by atoms with Crippen LogP contribution >= 0.6 is 0 Å². The van der Waals surface area contributed by atoms with Gasteiger partial charge < -0.3 is 15.3 Å². The molecule has 2 aliphatic rings. The fourth-order valence-electron chi connectivity index (χ4n) is 4.30. The van der Waals surface area contributed by atoms with Gasteiger partial charge in [0.2, 0.25) is 0 Å². The molecule has 0 heterocycles. The number of hydrogen-bond acceptors (Lipinski definition) is 3. The van der Waals surface area contributed by atoms with Crippen molar-refractivity contribution in [2.24, 2.45) is 23.7 Å². The molecule has 3 nitrogen and oxygen atoms in total. The molecule has 2 fully saturated rings. The van der Waals surface area contributed by atoms with Gasteiger partial charge in [0.05, 0.1) is 17.3 Å². The van der Waals surface area contributed by atoms with Crippen LogP contribution < -0.4 is 0 Å². The van der Waals surface area contributed by atoms with Crippen molar-refractivity contribution < 1.29 is 15.3 Å². The summed E-state index contributed by atoms with van der Waals surface area (Å²) >= 11 is 0. The smallest absolute Gasteiger partial charge is 0.0880 e. The van der Waals surface area contributed by atoms with Gasteiger partial charge in [-0.2, -0.15) is 0 Å². The van der Waals surface area contributed by atoms with Gasteiger partial charge in [0.15, 0.2) is 0 Å². The minimum atomic E-state index is -0.998. The van der Waals surface area contributed by atoms with Crippen LogP contribution in [-0.4, -0.2) is 32.6 Å². The molecule has 18 heavy (non-hydrogen) atoms. The summed E-state index contributed by atoms with van der Waals surface area (Å²) in [6.07, 6.45) is 2.43. The molecule has 3 N–H and O–H groups in total. The third-order valence-electron chi connectivity index (χ3n) is 5.56. The molecule has 1 unspecified atom stereocenters. The zero-order chi connectivity index (χ0) is 13.7. The van der Waals surface area contributed by atoms with Gasteiger partial charge in [-0.15, -0.1) is 0 Å². The van der Waals surface area contributed by atoms with E-state index in [4.69, 9.17) is 0 Å². The van der Waals surface area contributed by atoms with Crippen molar-refractivity contribution in [3.63, 3.8) is 0 Å². The second kappa shape index (κ2) is 4.46. The first kappa shape index (κ1) is 14.3. The molecule has 2 aliphatic carbocycles. The van der Waals surface area contributed by atoms with Gasteiger partial charge >= 0.3 is 0 Å². The zero-order valence-electron chi connectivity index (χ0n) is 12.1. The van der Waals surface area contributed by atoms with E-state index in [0.717, 1.165) is 19.3 Å². The summed E-state index contributed by atoms with van der Waals surface area (Å²) in [5, 5.41) is 31.4. The van der Waals surface area contributed by atoms with E-state index in [0.29, 0.717) is 18.3 Å². The summed E-state index contributed by atoms with van der Waals surface area (Å²) < 4.78 is 0. The third kappa shape index (κ3) is 2.21. The Morgan fingerprint density at radius 1 is 1.00 bits per heavy atom. The lowest BCUT2D eigenvalue weighted by atomic mass is 9.54. The second-order valence-corrected chi connectivity index (χ2v) is 7.33. The van der Waals surface area contributed by atoms with Crippen LogP contribution in [0, 0.1) is 23.7 Å². The molecule has 0 spiro atoms. The van der Waals surface area contributed by atoms with Crippen LogP contribution in [0.4, 0.5) is 0 Å². The fraction of sp³-hybridized carbons (Fsp3) is 1.00. The molecule has 106 valence electrons. The number of aliphatic hydroxyl groups is 3. The summed E-state index contributed by atoms with van der Waals surface area (Å²) in [5.41, 5.74) is -1.69. The van der Waals surface area contributed by atoms with Crippen LogP contribution in [0.5, 0.6) is 0 Å². The Bertz CT molecular complexity index is 307. The van der Waals surface area contributed by atoms with Crippen molar-refractivity contribution in [2.75, 3.05) is 0 Å². The third-order valence-corrected chi connectivity index (χ3v) is 5.56. The van der Waals surface area contributed by atoms with E-state index in [1.54, 1.807) is 6.92 Å². The Kier molecular flexibility index (Phi) is 3.54. The molecule has 0 saturated heterocycles. The predicted molar refractivity (Wildman–Crippen MR) is 71.0 cm³/mol. The summed E-state index contributed by atoms with van der Waals surface area (Å²) in [5.74, 6) is 1.03. The minimum Gasteiger partial charge on any atom is -0.390 e. The lowest BCUT2D eigenvalue weighted by molar-refractivity contribution is -0.201. The average Bonchev–Trinajstić information content (AvgIpc) is 2.23. The lowest BCUT2D eigenvalue weighted by Gasteiger charge is -2.55. The quantitative estimate of drug-likeness (QED) is 0.672. The molecule has 6 atom stereocenters. The summed E-state index contributed by atoms with van der Waals surface area (Å²) in [6.45, 7) is 7.98. The molecule has 2 saturated carbocycles. The van der Waals surface area contributed by atoms with E-state index in [1.807, 2.05) is 6.92 Å². The molecule has 0 aromatic heterocycles. The van der Waals surface area contributed by atoms with Crippen molar-refractivity contribution in [2.45, 2.75) is 70.7 Å². The highest BCUT2D eigenvalue weighted by Crippen LogP contribution is 2.52. The Labute approximate surface area is 110 Å². The van der Waals surface area contributed by atoms with Crippen molar-refractivity contribution in [3.8, 4) is 0 Å². The van der Waals surface area contributed by atoms with Gasteiger partial charge in [0.1, 0.15) is 0 Å². The Morgan fingerprint density at radius 2 is 1.56 bits per heavy atom. The lowest BCUT2D eigenvalue weighted by Crippen LogP contribution is -2.60. The maximum atomic E-state index is 10.6. The molecule has 0 aromatic rings. The van der Waals surface area contributed by atoms with E-state index in [9.17, 15) is 15.3 Å². The largest absolute Gasteiger partial charge is 0.390 e. The molecule has 0 radical (unpaired) electrons. The molecule has 0 aliphatic heterocycles. The van der Waals surface area contributed by atoms with Gasteiger partial charge in [-0.05, 0) is 63.2 Å². The fourth-order valence-corrected chi connectivity index (χ4v) is 4.30. The van der Waals surface area contributed by atoms with Crippen LogP contribution in [0.15, 0.2) is 0 Å². The molecular formula is C15H28O3. The number of rotatable bonds is 1. The monoisotopic (exact) mass is 256 g/mol. The highest BCUT2D eigenvalue weighted by Gasteiger charge is 2.55. The van der Waals surface area contributed by atoms with Gasteiger partial charge in [-0.3, -0.25) is 0 Å². The van der Waals surface area contributed by atoms with Crippen molar-refractivity contribution >= 4 is 0 Å². The molecule has 0 bridgehead atoms. The predicted octanol–water partition coefficient (Wildman–Crippen LogP) is 1.94. The van der Waals surface area contributed by atoms with Gasteiger partial charge in [0.25, 0.3) is 0 Å². The Morgan fingerprint density at radius 3 is 2.11 bits per heavy atom. The van der Waals surface area contributed by atoms with Crippen LogP contribution in [0.1, 0.15) is 53.4 Å². The van der Waals surface area contributed by atoms with E-state index in [1.165, 1.54) is 0 Å². The molecule has 0 amide bonds. The molecule has 0 aromatic carbocycles. The van der Waals surface area contributed by atoms with E-state index >= 15 is 0 Å². The van der Waals surface area contributed by atoms with Crippen LogP contribution in [-0.2, 0) is 0 Å². The average molecular weight is 256 g/mol. The number of hydrogen-bond donors (Lipinski definition) is 3. The van der Waals surface area contributed by atoms with E-state index in [2.05, 4.69) is 13.8 Å². The Hall–Kier alpha value is -0.120. The van der Waals surface area contributed by atoms with Crippen LogP contribution in [0.25, 0.3) is 0 Å². The topological polar surface area (TPSA) is 60.7 Å². The standard InChI is InChI=1S/C15H28O3/c1-9(2)10-5-7-14(3,17)11-6-8-15(4,18)13(16)12(10)11/h9-13,16-18H,5-8H2,1-4H3/t10-,11+,12?,13-,14-,15-/m0/s1. The first-order valence-electron chi connectivity index (χ1n) is 7.29. The molecule has 2 rings (SSSR count). The summed E-state index contributed by atoms with van der Waals surface area (Å²) in [4.78, 5) is 0. The zero-order valence-corrected chi connectivity index (χ0v) is 12.1. The SMILES string of the molecule is CC(C)[C@@H]1CC[C@](C)(O)[C@@H]2CC[C@](C)(O)[C@@H](O)C12. The van der Waals surface area contributed by atoms with Crippen molar-refractivity contribution in [3.05, 3.63) is 0 Å². The normalized spacial score (nSPS) is 53.3. The van der Waals surface area contributed by atoms with Gasteiger partial charge in [0, 0.05) is 0 Å².